The summed E-state index contributed by atoms with van der Waals surface area (Å²) in [7, 11) is 0. The Hall–Kier alpha value is -1.88. The lowest BCUT2D eigenvalue weighted by Gasteiger charge is -2.33. The molecule has 5 nitrogen and oxygen atoms in total. The van der Waals surface area contributed by atoms with Crippen molar-refractivity contribution in [3.63, 3.8) is 0 Å². The van der Waals surface area contributed by atoms with Gasteiger partial charge < -0.3 is 14.4 Å². The van der Waals surface area contributed by atoms with E-state index >= 15 is 0 Å². The summed E-state index contributed by atoms with van der Waals surface area (Å²) in [5, 5.41) is 0. The van der Waals surface area contributed by atoms with Crippen LogP contribution in [-0.2, 0) is 4.79 Å². The molecule has 1 aromatic heterocycles. The van der Waals surface area contributed by atoms with Crippen molar-refractivity contribution < 1.29 is 4.79 Å². The first kappa shape index (κ1) is 19.4. The minimum absolute atomic E-state index is 0.335. The predicted octanol–water partition coefficient (Wildman–Crippen LogP) is 4.20. The van der Waals surface area contributed by atoms with E-state index in [2.05, 4.69) is 59.4 Å². The Morgan fingerprint density at radius 1 is 1.18 bits per heavy atom. The average Bonchev–Trinajstić information content (AvgIpc) is 3.30. The third kappa shape index (κ3) is 3.82. The first-order valence-electron chi connectivity index (χ1n) is 11.0. The average molecular weight is 383 g/mol. The number of imidazole rings is 1. The minimum Gasteiger partial charge on any atom is -0.340 e. The Balaban J connectivity index is 1.45. The third-order valence-electron chi connectivity index (χ3n) is 6.53. The fourth-order valence-electron chi connectivity index (χ4n) is 5.06. The number of piperidine rings is 1. The molecule has 0 bridgehead atoms. The zero-order chi connectivity index (χ0) is 19.7. The molecule has 2 atom stereocenters. The van der Waals surface area contributed by atoms with Gasteiger partial charge in [0.2, 0.25) is 5.91 Å². The first-order chi connectivity index (χ1) is 13.5. The minimum atomic E-state index is 0.335. The molecule has 152 valence electrons. The van der Waals surface area contributed by atoms with E-state index in [1.807, 2.05) is 0 Å². The molecular formula is C23H34N4O. The fraction of sp³-hybridized carbons (Fsp3) is 0.652. The van der Waals surface area contributed by atoms with E-state index in [0.717, 1.165) is 44.5 Å². The molecule has 2 aliphatic rings. The maximum Gasteiger partial charge on any atom is 0.224 e. The van der Waals surface area contributed by atoms with E-state index in [0.29, 0.717) is 30.3 Å². The molecule has 3 heterocycles. The second-order valence-corrected chi connectivity index (χ2v) is 8.89. The predicted molar refractivity (Wildman–Crippen MR) is 114 cm³/mol. The molecule has 0 aliphatic carbocycles. The number of amides is 1. The molecule has 5 heteroatoms. The van der Waals surface area contributed by atoms with Crippen molar-refractivity contribution in [3.8, 4) is 0 Å². The van der Waals surface area contributed by atoms with Crippen molar-refractivity contribution >= 4 is 16.9 Å². The molecule has 2 fully saturated rings. The molecule has 2 aromatic rings. The zero-order valence-electron chi connectivity index (χ0n) is 17.6. The van der Waals surface area contributed by atoms with Gasteiger partial charge >= 0.3 is 0 Å². The molecular weight excluding hydrogens is 348 g/mol. The number of fused-ring (bicyclic) bond motifs is 1. The summed E-state index contributed by atoms with van der Waals surface area (Å²) >= 11 is 0. The van der Waals surface area contributed by atoms with Crippen LogP contribution >= 0.6 is 0 Å². The summed E-state index contributed by atoms with van der Waals surface area (Å²) in [6, 6.07) is 9.30. The van der Waals surface area contributed by atoms with Gasteiger partial charge in [-0.1, -0.05) is 12.1 Å². The SMILES string of the molecule is CC1CCCN1C(=O)CCN1CCCC(c2nc3ccccc3n2C(C)C)C1. The normalized spacial score (nSPS) is 23.8. The Labute approximate surface area is 168 Å². The van der Waals surface area contributed by atoms with E-state index in [4.69, 9.17) is 4.98 Å². The maximum atomic E-state index is 12.6. The van der Waals surface area contributed by atoms with Gasteiger partial charge in [0.1, 0.15) is 5.82 Å². The number of carbonyl (C=O) groups excluding carboxylic acids is 1. The van der Waals surface area contributed by atoms with Crippen molar-refractivity contribution in [2.45, 2.75) is 70.9 Å². The van der Waals surface area contributed by atoms with Crippen molar-refractivity contribution in [1.82, 2.24) is 19.4 Å². The van der Waals surface area contributed by atoms with Gasteiger partial charge in [-0.2, -0.15) is 0 Å². The van der Waals surface area contributed by atoms with E-state index in [9.17, 15) is 4.79 Å². The van der Waals surface area contributed by atoms with Gasteiger partial charge in [0, 0.05) is 44.1 Å². The lowest BCUT2D eigenvalue weighted by molar-refractivity contribution is -0.132. The number of hydrogen-bond acceptors (Lipinski definition) is 3. The van der Waals surface area contributed by atoms with Crippen molar-refractivity contribution in [1.29, 1.82) is 0 Å². The molecule has 1 aromatic carbocycles. The third-order valence-corrected chi connectivity index (χ3v) is 6.53. The summed E-state index contributed by atoms with van der Waals surface area (Å²) in [4.78, 5) is 22.2. The van der Waals surface area contributed by atoms with Gasteiger partial charge in [0.05, 0.1) is 11.0 Å². The van der Waals surface area contributed by atoms with Crippen LogP contribution in [0.3, 0.4) is 0 Å². The van der Waals surface area contributed by atoms with Crippen LogP contribution in [0.1, 0.15) is 70.7 Å². The highest BCUT2D eigenvalue weighted by Gasteiger charge is 2.29. The van der Waals surface area contributed by atoms with Crippen molar-refractivity contribution in [2.75, 3.05) is 26.2 Å². The van der Waals surface area contributed by atoms with Gasteiger partial charge in [0.15, 0.2) is 0 Å². The van der Waals surface area contributed by atoms with E-state index in [-0.39, 0.29) is 0 Å². The standard InChI is InChI=1S/C23H34N4O/c1-17(2)27-21-11-5-4-10-20(21)24-23(27)19-9-7-13-25(16-19)15-12-22(28)26-14-6-8-18(26)3/h4-5,10-11,17-19H,6-9,12-16H2,1-3H3. The van der Waals surface area contributed by atoms with Crippen molar-refractivity contribution in [3.05, 3.63) is 30.1 Å². The molecule has 2 aliphatic heterocycles. The molecule has 0 spiro atoms. The van der Waals surface area contributed by atoms with Gasteiger partial charge in [-0.15, -0.1) is 0 Å². The van der Waals surface area contributed by atoms with E-state index in [1.165, 1.54) is 24.2 Å². The zero-order valence-corrected chi connectivity index (χ0v) is 17.6. The number of hydrogen-bond donors (Lipinski definition) is 0. The van der Waals surface area contributed by atoms with Crippen LogP contribution in [0.15, 0.2) is 24.3 Å². The summed E-state index contributed by atoms with van der Waals surface area (Å²) in [6.07, 6.45) is 5.33. The van der Waals surface area contributed by atoms with Crippen LogP contribution in [0.2, 0.25) is 0 Å². The van der Waals surface area contributed by atoms with Crippen LogP contribution in [0.4, 0.5) is 0 Å². The monoisotopic (exact) mass is 382 g/mol. The van der Waals surface area contributed by atoms with Crippen LogP contribution in [0.25, 0.3) is 11.0 Å². The topological polar surface area (TPSA) is 41.4 Å². The van der Waals surface area contributed by atoms with Crippen LogP contribution in [0, 0.1) is 0 Å². The highest BCUT2D eigenvalue weighted by atomic mass is 16.2. The Bertz CT molecular complexity index is 827. The molecule has 0 saturated carbocycles. The first-order valence-corrected chi connectivity index (χ1v) is 11.0. The Morgan fingerprint density at radius 2 is 1.96 bits per heavy atom. The summed E-state index contributed by atoms with van der Waals surface area (Å²) in [6.45, 7) is 10.6. The molecule has 1 amide bonds. The molecule has 0 radical (unpaired) electrons. The maximum absolute atomic E-state index is 12.6. The smallest absolute Gasteiger partial charge is 0.224 e. The second-order valence-electron chi connectivity index (χ2n) is 8.89. The number of aromatic nitrogens is 2. The lowest BCUT2D eigenvalue weighted by Crippen LogP contribution is -2.40. The molecule has 4 rings (SSSR count). The summed E-state index contributed by atoms with van der Waals surface area (Å²) < 4.78 is 2.42. The number of likely N-dealkylation sites (tertiary alicyclic amines) is 2. The number of rotatable bonds is 5. The molecule has 0 N–H and O–H groups in total. The molecule has 28 heavy (non-hydrogen) atoms. The number of nitrogens with zero attached hydrogens (tertiary/aromatic N) is 4. The van der Waals surface area contributed by atoms with Crippen LogP contribution in [-0.4, -0.2) is 57.5 Å². The Morgan fingerprint density at radius 3 is 2.71 bits per heavy atom. The van der Waals surface area contributed by atoms with Gasteiger partial charge in [-0.25, -0.2) is 4.98 Å². The largest absolute Gasteiger partial charge is 0.340 e. The van der Waals surface area contributed by atoms with Crippen molar-refractivity contribution in [2.24, 2.45) is 0 Å². The second kappa shape index (κ2) is 8.24. The van der Waals surface area contributed by atoms with E-state index < -0.39 is 0 Å². The fourth-order valence-corrected chi connectivity index (χ4v) is 5.06. The van der Waals surface area contributed by atoms with E-state index in [1.54, 1.807) is 0 Å². The number of benzene rings is 1. The molecule has 2 unspecified atom stereocenters. The summed E-state index contributed by atoms with van der Waals surface area (Å²) in [5.74, 6) is 2.01. The lowest BCUT2D eigenvalue weighted by atomic mass is 9.96. The van der Waals surface area contributed by atoms with Gasteiger partial charge in [-0.05, 0) is 65.1 Å². The highest BCUT2D eigenvalue weighted by Crippen LogP contribution is 2.31. The number of para-hydroxylation sites is 2. The molecule has 2 saturated heterocycles. The Kier molecular flexibility index (Phi) is 5.72. The van der Waals surface area contributed by atoms with Gasteiger partial charge in [-0.3, -0.25) is 4.79 Å². The number of carbonyl (C=O) groups is 1. The summed E-state index contributed by atoms with van der Waals surface area (Å²) in [5.41, 5.74) is 2.34. The quantitative estimate of drug-likeness (QED) is 0.778. The van der Waals surface area contributed by atoms with Crippen LogP contribution in [0.5, 0.6) is 0 Å². The van der Waals surface area contributed by atoms with Crippen LogP contribution < -0.4 is 0 Å². The van der Waals surface area contributed by atoms with Gasteiger partial charge in [0.25, 0.3) is 0 Å². The highest BCUT2D eigenvalue weighted by molar-refractivity contribution is 5.77.